The highest BCUT2D eigenvalue weighted by Crippen LogP contribution is 2.08. The Morgan fingerprint density at radius 2 is 2.30 bits per heavy atom. The number of nitrogens with one attached hydrogen (secondary N) is 1. The second kappa shape index (κ2) is 6.38. The molecule has 0 spiro atoms. The molecule has 108 valence electrons. The van der Waals surface area contributed by atoms with Gasteiger partial charge in [-0.2, -0.15) is 0 Å². The van der Waals surface area contributed by atoms with E-state index in [1.54, 1.807) is 0 Å². The molecule has 0 aromatic heterocycles. The van der Waals surface area contributed by atoms with Crippen LogP contribution < -0.4 is 5.32 Å². The molecule has 1 fully saturated rings. The van der Waals surface area contributed by atoms with Crippen molar-refractivity contribution in [3.63, 3.8) is 0 Å². The maximum Gasteiger partial charge on any atom is 0.328 e. The number of benzene rings is 1. The van der Waals surface area contributed by atoms with Gasteiger partial charge in [0.25, 0.3) is 0 Å². The Morgan fingerprint density at radius 1 is 1.50 bits per heavy atom. The second-order valence-corrected chi connectivity index (χ2v) is 4.77. The Labute approximate surface area is 117 Å². The van der Waals surface area contributed by atoms with E-state index in [9.17, 15) is 9.59 Å². The van der Waals surface area contributed by atoms with Gasteiger partial charge >= 0.3 is 12.0 Å². The van der Waals surface area contributed by atoms with Gasteiger partial charge in [-0.05, 0) is 12.5 Å². The van der Waals surface area contributed by atoms with Crippen LogP contribution in [-0.4, -0.2) is 47.8 Å². The molecule has 6 heteroatoms. The Kier molecular flexibility index (Phi) is 4.57. The number of amides is 2. The van der Waals surface area contributed by atoms with Crippen LogP contribution in [0.3, 0.4) is 0 Å². The zero-order valence-corrected chi connectivity index (χ0v) is 11.3. The average Bonchev–Trinajstić information content (AvgIpc) is 2.45. The van der Waals surface area contributed by atoms with Crippen LogP contribution in [0.25, 0.3) is 0 Å². The minimum atomic E-state index is -1.05. The molecule has 1 atom stereocenters. The number of urea groups is 1. The number of carbonyl (C=O) groups is 2. The molecule has 20 heavy (non-hydrogen) atoms. The lowest BCUT2D eigenvalue weighted by molar-refractivity contribution is -0.147. The molecule has 1 aliphatic heterocycles. The number of ether oxygens (including phenoxy) is 1. The van der Waals surface area contributed by atoms with Crippen molar-refractivity contribution in [1.82, 2.24) is 10.2 Å². The van der Waals surface area contributed by atoms with E-state index in [2.05, 4.69) is 5.32 Å². The predicted molar refractivity (Wildman–Crippen MR) is 72.4 cm³/mol. The van der Waals surface area contributed by atoms with Crippen molar-refractivity contribution < 1.29 is 19.4 Å². The first-order valence-corrected chi connectivity index (χ1v) is 6.48. The Balaban J connectivity index is 1.95. The van der Waals surface area contributed by atoms with E-state index < -0.39 is 12.0 Å². The van der Waals surface area contributed by atoms with Crippen LogP contribution in [0.2, 0.25) is 0 Å². The SMILES string of the molecule is Cc1cccc(CNC(=O)N2CCOCC2C(=O)O)c1. The number of aliphatic carboxylic acids is 1. The summed E-state index contributed by atoms with van der Waals surface area (Å²) in [7, 11) is 0. The first-order valence-electron chi connectivity index (χ1n) is 6.48. The minimum Gasteiger partial charge on any atom is -0.480 e. The number of carboxylic acid groups (broad SMARTS) is 1. The van der Waals surface area contributed by atoms with Gasteiger partial charge in [-0.25, -0.2) is 9.59 Å². The summed E-state index contributed by atoms with van der Waals surface area (Å²) in [6.07, 6.45) is 0. The molecule has 0 saturated carbocycles. The van der Waals surface area contributed by atoms with E-state index in [0.717, 1.165) is 11.1 Å². The van der Waals surface area contributed by atoms with Crippen LogP contribution >= 0.6 is 0 Å². The number of carboxylic acids is 1. The number of hydrogen-bond donors (Lipinski definition) is 2. The molecule has 0 aliphatic carbocycles. The molecule has 1 saturated heterocycles. The first kappa shape index (κ1) is 14.3. The fourth-order valence-corrected chi connectivity index (χ4v) is 2.15. The zero-order chi connectivity index (χ0) is 14.5. The molecule has 1 aromatic carbocycles. The summed E-state index contributed by atoms with van der Waals surface area (Å²) < 4.78 is 5.10. The van der Waals surface area contributed by atoms with Gasteiger partial charge in [0, 0.05) is 13.1 Å². The molecule has 6 nitrogen and oxygen atoms in total. The minimum absolute atomic E-state index is 0.0349. The van der Waals surface area contributed by atoms with E-state index in [-0.39, 0.29) is 19.2 Å². The first-order chi connectivity index (χ1) is 9.58. The second-order valence-electron chi connectivity index (χ2n) is 4.77. The van der Waals surface area contributed by atoms with E-state index in [4.69, 9.17) is 9.84 Å². The Morgan fingerprint density at radius 3 is 3.00 bits per heavy atom. The summed E-state index contributed by atoms with van der Waals surface area (Å²) in [5.74, 6) is -1.05. The van der Waals surface area contributed by atoms with Crippen molar-refractivity contribution >= 4 is 12.0 Å². The van der Waals surface area contributed by atoms with E-state index >= 15 is 0 Å². The number of carbonyl (C=O) groups excluding carboxylic acids is 1. The third kappa shape index (κ3) is 3.48. The number of morpholine rings is 1. The maximum atomic E-state index is 12.1. The highest BCUT2D eigenvalue weighted by atomic mass is 16.5. The quantitative estimate of drug-likeness (QED) is 0.864. The molecule has 1 aromatic rings. The molecule has 2 N–H and O–H groups in total. The van der Waals surface area contributed by atoms with Gasteiger partial charge in [0.15, 0.2) is 6.04 Å². The smallest absolute Gasteiger partial charge is 0.328 e. The topological polar surface area (TPSA) is 78.9 Å². The molecule has 0 bridgehead atoms. The van der Waals surface area contributed by atoms with Crippen LogP contribution in [0.4, 0.5) is 4.79 Å². The number of rotatable bonds is 3. The lowest BCUT2D eigenvalue weighted by Crippen LogP contribution is -2.55. The molecule has 2 amide bonds. The van der Waals surface area contributed by atoms with Gasteiger partial charge in [0.05, 0.1) is 13.2 Å². The fraction of sp³-hybridized carbons (Fsp3) is 0.429. The summed E-state index contributed by atoms with van der Waals surface area (Å²) in [6, 6.07) is 6.51. The zero-order valence-electron chi connectivity index (χ0n) is 11.3. The molecular weight excluding hydrogens is 260 g/mol. The van der Waals surface area contributed by atoms with Crippen molar-refractivity contribution in [2.75, 3.05) is 19.8 Å². The normalized spacial score (nSPS) is 18.6. The fourth-order valence-electron chi connectivity index (χ4n) is 2.15. The van der Waals surface area contributed by atoms with Gasteiger partial charge in [-0.3, -0.25) is 0 Å². The third-order valence-corrected chi connectivity index (χ3v) is 3.20. The van der Waals surface area contributed by atoms with Gasteiger partial charge < -0.3 is 20.1 Å². The molecule has 1 unspecified atom stereocenters. The Bertz CT molecular complexity index is 504. The molecule has 1 heterocycles. The van der Waals surface area contributed by atoms with Crippen LogP contribution in [0.1, 0.15) is 11.1 Å². The highest BCUT2D eigenvalue weighted by Gasteiger charge is 2.32. The summed E-state index contributed by atoms with van der Waals surface area (Å²) >= 11 is 0. The van der Waals surface area contributed by atoms with Gasteiger partial charge in [0.1, 0.15) is 0 Å². The summed E-state index contributed by atoms with van der Waals surface area (Å²) in [6.45, 7) is 3.05. The van der Waals surface area contributed by atoms with Crippen molar-refractivity contribution in [1.29, 1.82) is 0 Å². The van der Waals surface area contributed by atoms with E-state index in [1.165, 1.54) is 4.90 Å². The maximum absolute atomic E-state index is 12.1. The van der Waals surface area contributed by atoms with Gasteiger partial charge in [0.2, 0.25) is 0 Å². The lowest BCUT2D eigenvalue weighted by Gasteiger charge is -2.32. The van der Waals surface area contributed by atoms with Gasteiger partial charge in [-0.15, -0.1) is 0 Å². The third-order valence-electron chi connectivity index (χ3n) is 3.20. The monoisotopic (exact) mass is 278 g/mol. The van der Waals surface area contributed by atoms with E-state index in [0.29, 0.717) is 13.2 Å². The van der Waals surface area contributed by atoms with Crippen molar-refractivity contribution in [2.24, 2.45) is 0 Å². The number of aryl methyl sites for hydroxylation is 1. The predicted octanol–water partition coefficient (Wildman–Crippen LogP) is 0.990. The molecular formula is C14H18N2O4. The highest BCUT2D eigenvalue weighted by molar-refractivity contribution is 5.83. The van der Waals surface area contributed by atoms with Crippen LogP contribution in [-0.2, 0) is 16.1 Å². The standard InChI is InChI=1S/C14H18N2O4/c1-10-3-2-4-11(7-10)8-15-14(19)16-5-6-20-9-12(16)13(17)18/h2-4,7,12H,5-6,8-9H2,1H3,(H,15,19)(H,17,18). The molecule has 1 aliphatic rings. The Hall–Kier alpha value is -2.08. The van der Waals surface area contributed by atoms with Gasteiger partial charge in [-0.1, -0.05) is 29.8 Å². The van der Waals surface area contributed by atoms with E-state index in [1.807, 2.05) is 31.2 Å². The number of hydrogen-bond acceptors (Lipinski definition) is 3. The van der Waals surface area contributed by atoms with Crippen LogP contribution in [0, 0.1) is 6.92 Å². The van der Waals surface area contributed by atoms with Crippen molar-refractivity contribution in [2.45, 2.75) is 19.5 Å². The summed E-state index contributed by atoms with van der Waals surface area (Å²) in [4.78, 5) is 24.5. The average molecular weight is 278 g/mol. The molecule has 2 rings (SSSR count). The van der Waals surface area contributed by atoms with Crippen LogP contribution in [0.15, 0.2) is 24.3 Å². The van der Waals surface area contributed by atoms with Crippen LogP contribution in [0.5, 0.6) is 0 Å². The largest absolute Gasteiger partial charge is 0.480 e. The summed E-state index contributed by atoms with van der Waals surface area (Å²) in [5.41, 5.74) is 2.10. The summed E-state index contributed by atoms with van der Waals surface area (Å²) in [5, 5.41) is 11.8. The van der Waals surface area contributed by atoms with Crippen molar-refractivity contribution in [3.8, 4) is 0 Å². The molecule has 0 radical (unpaired) electrons. The van der Waals surface area contributed by atoms with Crippen molar-refractivity contribution in [3.05, 3.63) is 35.4 Å². The number of nitrogens with zero attached hydrogens (tertiary/aromatic N) is 1. The lowest BCUT2D eigenvalue weighted by atomic mass is 10.1.